The predicted molar refractivity (Wildman–Crippen MR) is 82.2 cm³/mol. The number of aliphatic hydroxyl groups is 1. The lowest BCUT2D eigenvalue weighted by Crippen LogP contribution is -2.29. The third-order valence-corrected chi connectivity index (χ3v) is 3.52. The molecule has 0 bridgehead atoms. The molecule has 1 aromatic heterocycles. The van der Waals surface area contributed by atoms with Crippen molar-refractivity contribution in [3.05, 3.63) is 35.5 Å². The summed E-state index contributed by atoms with van der Waals surface area (Å²) < 4.78 is 4.84. The number of amides is 1. The number of aromatic amines is 1. The highest BCUT2D eigenvalue weighted by atomic mass is 16.5. The van der Waals surface area contributed by atoms with E-state index in [1.807, 2.05) is 31.2 Å². The fraction of sp³-hybridized carbons (Fsp3) is 0.438. The third-order valence-electron chi connectivity index (χ3n) is 3.52. The molecule has 0 aliphatic heterocycles. The van der Waals surface area contributed by atoms with E-state index in [-0.39, 0.29) is 12.5 Å². The van der Waals surface area contributed by atoms with Crippen LogP contribution in [0.3, 0.4) is 0 Å². The summed E-state index contributed by atoms with van der Waals surface area (Å²) in [7, 11) is 1.54. The zero-order valence-electron chi connectivity index (χ0n) is 12.5. The molecule has 21 heavy (non-hydrogen) atoms. The summed E-state index contributed by atoms with van der Waals surface area (Å²) in [4.78, 5) is 15.3. The number of carbonyl (C=O) groups excluding carboxylic acids is 1. The largest absolute Gasteiger partial charge is 0.391 e. The molecule has 114 valence electrons. The second kappa shape index (κ2) is 7.24. The SMILES string of the molecule is COCC(O)CCNC(=O)Cc1c(C)[nH]c2ccccc12. The molecule has 2 aromatic rings. The third kappa shape index (κ3) is 4.06. The van der Waals surface area contributed by atoms with E-state index in [9.17, 15) is 9.90 Å². The second-order valence-corrected chi connectivity index (χ2v) is 5.20. The lowest BCUT2D eigenvalue weighted by atomic mass is 10.1. The Kier molecular flexibility index (Phi) is 5.36. The van der Waals surface area contributed by atoms with Gasteiger partial charge in [0.05, 0.1) is 19.1 Å². The quantitative estimate of drug-likeness (QED) is 0.724. The summed E-state index contributed by atoms with van der Waals surface area (Å²) in [5.74, 6) is -0.0348. The summed E-state index contributed by atoms with van der Waals surface area (Å²) in [5.41, 5.74) is 3.10. The van der Waals surface area contributed by atoms with Gasteiger partial charge in [-0.2, -0.15) is 0 Å². The summed E-state index contributed by atoms with van der Waals surface area (Å²) in [6.45, 7) is 2.72. The Bertz CT molecular complexity index is 607. The molecule has 0 saturated carbocycles. The first-order valence-corrected chi connectivity index (χ1v) is 7.11. The van der Waals surface area contributed by atoms with E-state index in [0.717, 1.165) is 22.2 Å². The fourth-order valence-corrected chi connectivity index (χ4v) is 2.44. The van der Waals surface area contributed by atoms with Crippen molar-refractivity contribution in [2.45, 2.75) is 25.9 Å². The summed E-state index contributed by atoms with van der Waals surface area (Å²) >= 11 is 0. The summed E-state index contributed by atoms with van der Waals surface area (Å²) in [5, 5.41) is 13.4. The highest BCUT2D eigenvalue weighted by molar-refractivity contribution is 5.90. The van der Waals surface area contributed by atoms with Crippen LogP contribution >= 0.6 is 0 Å². The minimum Gasteiger partial charge on any atom is -0.391 e. The maximum Gasteiger partial charge on any atom is 0.224 e. The van der Waals surface area contributed by atoms with Crippen molar-refractivity contribution >= 4 is 16.8 Å². The predicted octanol–water partition coefficient (Wildman–Crippen LogP) is 1.53. The zero-order valence-corrected chi connectivity index (χ0v) is 12.5. The molecule has 1 amide bonds. The Labute approximate surface area is 124 Å². The van der Waals surface area contributed by atoms with Crippen LogP contribution in [0.25, 0.3) is 10.9 Å². The summed E-state index contributed by atoms with van der Waals surface area (Å²) in [6.07, 6.45) is 0.299. The van der Waals surface area contributed by atoms with Crippen molar-refractivity contribution < 1.29 is 14.6 Å². The topological polar surface area (TPSA) is 74.3 Å². The molecule has 5 heteroatoms. The van der Waals surface area contributed by atoms with Crippen LogP contribution in [0.2, 0.25) is 0 Å². The van der Waals surface area contributed by atoms with Gasteiger partial charge in [0.1, 0.15) is 0 Å². The van der Waals surface area contributed by atoms with Crippen LogP contribution < -0.4 is 5.32 Å². The normalized spacial score (nSPS) is 12.5. The Morgan fingerprint density at radius 3 is 2.95 bits per heavy atom. The van der Waals surface area contributed by atoms with Gasteiger partial charge in [0.2, 0.25) is 5.91 Å². The number of benzene rings is 1. The van der Waals surface area contributed by atoms with Gasteiger partial charge in [-0.1, -0.05) is 18.2 Å². The van der Waals surface area contributed by atoms with E-state index in [1.165, 1.54) is 0 Å². The smallest absolute Gasteiger partial charge is 0.224 e. The number of aliphatic hydroxyl groups excluding tert-OH is 1. The number of H-pyrrole nitrogens is 1. The van der Waals surface area contributed by atoms with Crippen LogP contribution in [-0.2, 0) is 16.0 Å². The number of para-hydroxylation sites is 1. The van der Waals surface area contributed by atoms with E-state index in [2.05, 4.69) is 10.3 Å². The second-order valence-electron chi connectivity index (χ2n) is 5.20. The number of hydrogen-bond acceptors (Lipinski definition) is 3. The molecule has 3 N–H and O–H groups in total. The molecule has 0 saturated heterocycles. The minimum absolute atomic E-state index is 0.0348. The number of aromatic nitrogens is 1. The Balaban J connectivity index is 1.91. The molecule has 1 aromatic carbocycles. The van der Waals surface area contributed by atoms with Crippen molar-refractivity contribution in [1.29, 1.82) is 0 Å². The van der Waals surface area contributed by atoms with Crippen LogP contribution in [0.1, 0.15) is 17.7 Å². The van der Waals surface area contributed by atoms with Gasteiger partial charge in [-0.05, 0) is 25.0 Å². The van der Waals surface area contributed by atoms with Crippen LogP contribution in [0.4, 0.5) is 0 Å². The zero-order chi connectivity index (χ0) is 15.2. The standard InChI is InChI=1S/C16H22N2O3/c1-11-14(13-5-3-4-6-15(13)18-11)9-16(20)17-8-7-12(19)10-21-2/h3-6,12,18-19H,7-10H2,1-2H3,(H,17,20). The number of ether oxygens (including phenoxy) is 1. The van der Waals surface area contributed by atoms with E-state index < -0.39 is 6.10 Å². The van der Waals surface area contributed by atoms with Crippen LogP contribution in [-0.4, -0.2) is 42.4 Å². The molecule has 0 aliphatic rings. The Morgan fingerprint density at radius 2 is 2.19 bits per heavy atom. The highest BCUT2D eigenvalue weighted by Crippen LogP contribution is 2.22. The number of methoxy groups -OCH3 is 1. The van der Waals surface area contributed by atoms with Crippen LogP contribution in [0, 0.1) is 6.92 Å². The van der Waals surface area contributed by atoms with Gasteiger partial charge in [-0.15, -0.1) is 0 Å². The molecule has 1 heterocycles. The molecule has 0 fully saturated rings. The van der Waals surface area contributed by atoms with Crippen molar-refractivity contribution in [3.63, 3.8) is 0 Å². The number of aryl methyl sites for hydroxylation is 1. The maximum absolute atomic E-state index is 12.0. The number of nitrogens with one attached hydrogen (secondary N) is 2. The first-order valence-electron chi connectivity index (χ1n) is 7.11. The molecule has 0 aliphatic carbocycles. The van der Waals surface area contributed by atoms with Crippen molar-refractivity contribution in [1.82, 2.24) is 10.3 Å². The van der Waals surface area contributed by atoms with Crippen LogP contribution in [0.15, 0.2) is 24.3 Å². The average molecular weight is 290 g/mol. The molecule has 0 radical (unpaired) electrons. The number of rotatable bonds is 7. The Hall–Kier alpha value is -1.85. The van der Waals surface area contributed by atoms with Crippen molar-refractivity contribution in [3.8, 4) is 0 Å². The monoisotopic (exact) mass is 290 g/mol. The van der Waals surface area contributed by atoms with Crippen molar-refractivity contribution in [2.24, 2.45) is 0 Å². The number of hydrogen-bond donors (Lipinski definition) is 3. The van der Waals surface area contributed by atoms with Gasteiger partial charge in [0.15, 0.2) is 0 Å². The van der Waals surface area contributed by atoms with E-state index in [0.29, 0.717) is 19.4 Å². The van der Waals surface area contributed by atoms with Gasteiger partial charge in [-0.3, -0.25) is 4.79 Å². The molecular weight excluding hydrogens is 268 g/mol. The first kappa shape index (κ1) is 15.5. The number of fused-ring (bicyclic) bond motifs is 1. The molecule has 1 atom stereocenters. The van der Waals surface area contributed by atoms with E-state index in [1.54, 1.807) is 7.11 Å². The van der Waals surface area contributed by atoms with Gasteiger partial charge >= 0.3 is 0 Å². The fourth-order valence-electron chi connectivity index (χ4n) is 2.44. The molecule has 0 spiro atoms. The first-order chi connectivity index (χ1) is 10.1. The van der Waals surface area contributed by atoms with Gasteiger partial charge in [0, 0.05) is 30.3 Å². The lowest BCUT2D eigenvalue weighted by molar-refractivity contribution is -0.120. The van der Waals surface area contributed by atoms with E-state index >= 15 is 0 Å². The van der Waals surface area contributed by atoms with Gasteiger partial charge in [-0.25, -0.2) is 0 Å². The van der Waals surface area contributed by atoms with Crippen LogP contribution in [0.5, 0.6) is 0 Å². The van der Waals surface area contributed by atoms with Crippen molar-refractivity contribution in [2.75, 3.05) is 20.3 Å². The summed E-state index contributed by atoms with van der Waals surface area (Å²) in [6, 6.07) is 7.96. The highest BCUT2D eigenvalue weighted by Gasteiger charge is 2.12. The molecular formula is C16H22N2O3. The molecule has 5 nitrogen and oxygen atoms in total. The lowest BCUT2D eigenvalue weighted by Gasteiger charge is -2.10. The maximum atomic E-state index is 12.0. The Morgan fingerprint density at radius 1 is 1.43 bits per heavy atom. The van der Waals surface area contributed by atoms with Gasteiger partial charge in [0.25, 0.3) is 0 Å². The van der Waals surface area contributed by atoms with E-state index in [4.69, 9.17) is 4.74 Å². The molecule has 2 rings (SSSR count). The average Bonchev–Trinajstić information content (AvgIpc) is 2.76. The minimum atomic E-state index is -0.537. The number of carbonyl (C=O) groups is 1. The van der Waals surface area contributed by atoms with Gasteiger partial charge < -0.3 is 20.1 Å². The molecule has 1 unspecified atom stereocenters.